The van der Waals surface area contributed by atoms with Crippen molar-refractivity contribution in [2.45, 2.75) is 19.5 Å². The van der Waals surface area contributed by atoms with Crippen LogP contribution in [-0.2, 0) is 11.3 Å². The number of carbonyl (C=O) groups is 1. The van der Waals surface area contributed by atoms with Gasteiger partial charge in [-0.25, -0.2) is 4.79 Å². The first kappa shape index (κ1) is 17.6. The molecular formula is C19H23N5O3. The van der Waals surface area contributed by atoms with Crippen molar-refractivity contribution in [1.82, 2.24) is 19.8 Å². The number of imidazole rings is 1. The topological polar surface area (TPSA) is 97.4 Å². The number of carbonyl (C=O) groups excluding carboxylic acids is 1. The average molecular weight is 369 g/mol. The standard InChI is InChI=1S/C19H23N5O3/c1-13(24-8-6-23(7-9-24)12-15-3-2-10-27-15)18(25)20-14-4-5-16-17(11-14)22-19(26)21-16/h2-5,10-11,13H,6-9,12H2,1H3,(H,20,25)(H2,21,22,26). The maximum absolute atomic E-state index is 12.6. The molecule has 1 fully saturated rings. The Bertz CT molecular complexity index is 967. The Balaban J connectivity index is 1.32. The van der Waals surface area contributed by atoms with Crippen molar-refractivity contribution < 1.29 is 9.21 Å². The molecule has 1 aromatic carbocycles. The summed E-state index contributed by atoms with van der Waals surface area (Å²) in [5.41, 5.74) is 1.82. The number of hydrogen-bond donors (Lipinski definition) is 3. The van der Waals surface area contributed by atoms with Crippen LogP contribution in [0.4, 0.5) is 5.69 Å². The van der Waals surface area contributed by atoms with Crippen molar-refractivity contribution in [2.75, 3.05) is 31.5 Å². The molecule has 1 unspecified atom stereocenters. The number of nitrogens with zero attached hydrogens (tertiary/aromatic N) is 2. The molecule has 1 amide bonds. The van der Waals surface area contributed by atoms with Crippen LogP contribution in [0.2, 0.25) is 0 Å². The van der Waals surface area contributed by atoms with E-state index in [2.05, 4.69) is 25.1 Å². The highest BCUT2D eigenvalue weighted by molar-refractivity contribution is 5.96. The number of anilines is 1. The summed E-state index contributed by atoms with van der Waals surface area (Å²) in [5.74, 6) is 0.916. The third-order valence-electron chi connectivity index (χ3n) is 5.08. The van der Waals surface area contributed by atoms with Crippen LogP contribution in [0, 0.1) is 0 Å². The largest absolute Gasteiger partial charge is 0.468 e. The van der Waals surface area contributed by atoms with Gasteiger partial charge in [0.15, 0.2) is 0 Å². The number of aromatic amines is 2. The Morgan fingerprint density at radius 1 is 1.19 bits per heavy atom. The van der Waals surface area contributed by atoms with Crippen LogP contribution in [0.3, 0.4) is 0 Å². The first-order chi connectivity index (χ1) is 13.1. The second-order valence-electron chi connectivity index (χ2n) is 6.90. The highest BCUT2D eigenvalue weighted by Crippen LogP contribution is 2.16. The van der Waals surface area contributed by atoms with Crippen molar-refractivity contribution >= 4 is 22.6 Å². The molecule has 3 heterocycles. The Labute approximate surface area is 156 Å². The molecule has 27 heavy (non-hydrogen) atoms. The normalized spacial score (nSPS) is 17.2. The fourth-order valence-electron chi connectivity index (χ4n) is 3.45. The minimum absolute atomic E-state index is 0.0493. The lowest BCUT2D eigenvalue weighted by Gasteiger charge is -2.37. The number of nitrogens with one attached hydrogen (secondary N) is 3. The van der Waals surface area contributed by atoms with Gasteiger partial charge in [0.25, 0.3) is 0 Å². The lowest BCUT2D eigenvalue weighted by Crippen LogP contribution is -2.52. The first-order valence-corrected chi connectivity index (χ1v) is 9.10. The van der Waals surface area contributed by atoms with E-state index in [1.54, 1.807) is 24.5 Å². The number of piperazine rings is 1. The Kier molecular flexibility index (Phi) is 4.83. The zero-order valence-corrected chi connectivity index (χ0v) is 15.2. The monoisotopic (exact) mass is 369 g/mol. The number of H-pyrrole nitrogens is 2. The first-order valence-electron chi connectivity index (χ1n) is 9.10. The van der Waals surface area contributed by atoms with E-state index in [1.165, 1.54) is 0 Å². The molecule has 1 aliphatic heterocycles. The maximum Gasteiger partial charge on any atom is 0.323 e. The van der Waals surface area contributed by atoms with E-state index < -0.39 is 0 Å². The lowest BCUT2D eigenvalue weighted by atomic mass is 10.2. The molecule has 0 bridgehead atoms. The summed E-state index contributed by atoms with van der Waals surface area (Å²) in [7, 11) is 0. The van der Waals surface area contributed by atoms with Crippen LogP contribution in [0.1, 0.15) is 12.7 Å². The highest BCUT2D eigenvalue weighted by Gasteiger charge is 2.26. The van der Waals surface area contributed by atoms with Crippen molar-refractivity contribution in [1.29, 1.82) is 0 Å². The van der Waals surface area contributed by atoms with Gasteiger partial charge in [-0.3, -0.25) is 14.6 Å². The number of hydrogen-bond acceptors (Lipinski definition) is 5. The molecule has 8 nitrogen and oxygen atoms in total. The fourth-order valence-corrected chi connectivity index (χ4v) is 3.45. The zero-order chi connectivity index (χ0) is 18.8. The minimum atomic E-state index is -0.255. The van der Waals surface area contributed by atoms with Crippen LogP contribution >= 0.6 is 0 Å². The van der Waals surface area contributed by atoms with E-state index in [4.69, 9.17) is 4.42 Å². The van der Waals surface area contributed by atoms with Crippen LogP contribution in [0.25, 0.3) is 11.0 Å². The average Bonchev–Trinajstić information content (AvgIpc) is 3.30. The van der Waals surface area contributed by atoms with Gasteiger partial charge in [0.05, 0.1) is 29.9 Å². The summed E-state index contributed by atoms with van der Waals surface area (Å²) in [6.07, 6.45) is 1.69. The second-order valence-corrected chi connectivity index (χ2v) is 6.90. The van der Waals surface area contributed by atoms with Gasteiger partial charge in [-0.2, -0.15) is 0 Å². The SMILES string of the molecule is CC(C(=O)Nc1ccc2[nH]c(=O)[nH]c2c1)N1CCN(Cc2ccco2)CC1. The van der Waals surface area contributed by atoms with Crippen molar-refractivity contribution in [2.24, 2.45) is 0 Å². The molecule has 3 N–H and O–H groups in total. The van der Waals surface area contributed by atoms with Gasteiger partial charge in [-0.15, -0.1) is 0 Å². The van der Waals surface area contributed by atoms with Crippen LogP contribution in [0.5, 0.6) is 0 Å². The van der Waals surface area contributed by atoms with Crippen molar-refractivity contribution in [3.05, 3.63) is 52.8 Å². The van der Waals surface area contributed by atoms with Gasteiger partial charge in [0, 0.05) is 31.9 Å². The number of benzene rings is 1. The number of aromatic nitrogens is 2. The molecule has 0 radical (unpaired) electrons. The molecule has 0 aliphatic carbocycles. The summed E-state index contributed by atoms with van der Waals surface area (Å²) < 4.78 is 5.40. The van der Waals surface area contributed by atoms with E-state index in [0.717, 1.165) is 44.0 Å². The molecule has 4 rings (SSSR count). The lowest BCUT2D eigenvalue weighted by molar-refractivity contribution is -0.121. The highest BCUT2D eigenvalue weighted by atomic mass is 16.3. The van der Waals surface area contributed by atoms with Crippen LogP contribution in [0.15, 0.2) is 45.8 Å². The fraction of sp³-hybridized carbons (Fsp3) is 0.368. The number of rotatable bonds is 5. The van der Waals surface area contributed by atoms with Crippen LogP contribution < -0.4 is 11.0 Å². The zero-order valence-electron chi connectivity index (χ0n) is 15.2. The Morgan fingerprint density at radius 3 is 2.70 bits per heavy atom. The maximum atomic E-state index is 12.6. The van der Waals surface area contributed by atoms with E-state index in [1.807, 2.05) is 19.1 Å². The van der Waals surface area contributed by atoms with E-state index in [9.17, 15) is 9.59 Å². The molecule has 0 spiro atoms. The Morgan fingerprint density at radius 2 is 1.96 bits per heavy atom. The van der Waals surface area contributed by atoms with Crippen molar-refractivity contribution in [3.8, 4) is 0 Å². The van der Waals surface area contributed by atoms with Gasteiger partial charge in [0.1, 0.15) is 5.76 Å². The summed E-state index contributed by atoms with van der Waals surface area (Å²) in [6.45, 7) is 6.19. The summed E-state index contributed by atoms with van der Waals surface area (Å²) in [6, 6.07) is 8.99. The molecule has 3 aromatic rings. The van der Waals surface area contributed by atoms with Gasteiger partial charge in [0.2, 0.25) is 5.91 Å². The molecule has 8 heteroatoms. The third kappa shape index (κ3) is 3.96. The smallest absolute Gasteiger partial charge is 0.323 e. The number of furan rings is 1. The van der Waals surface area contributed by atoms with Gasteiger partial charge < -0.3 is 19.7 Å². The molecule has 2 aromatic heterocycles. The molecule has 1 aliphatic rings. The Hall–Kier alpha value is -2.84. The predicted octanol–water partition coefficient (Wildman–Crippen LogP) is 1.59. The number of amides is 1. The third-order valence-corrected chi connectivity index (χ3v) is 5.08. The van der Waals surface area contributed by atoms with E-state index in [0.29, 0.717) is 11.2 Å². The van der Waals surface area contributed by atoms with Gasteiger partial charge in [-0.05, 0) is 37.3 Å². The second kappa shape index (κ2) is 7.42. The quantitative estimate of drug-likeness (QED) is 0.635. The molecule has 0 saturated carbocycles. The molecule has 1 saturated heterocycles. The molecule has 142 valence electrons. The van der Waals surface area contributed by atoms with E-state index in [-0.39, 0.29) is 17.6 Å². The summed E-state index contributed by atoms with van der Waals surface area (Å²) >= 11 is 0. The minimum Gasteiger partial charge on any atom is -0.468 e. The molecule has 1 atom stereocenters. The van der Waals surface area contributed by atoms with E-state index >= 15 is 0 Å². The number of fused-ring (bicyclic) bond motifs is 1. The summed E-state index contributed by atoms with van der Waals surface area (Å²) in [4.78, 5) is 33.9. The van der Waals surface area contributed by atoms with Gasteiger partial charge in [-0.1, -0.05) is 0 Å². The molecular weight excluding hydrogens is 346 g/mol. The predicted molar refractivity (Wildman–Crippen MR) is 103 cm³/mol. The van der Waals surface area contributed by atoms with Crippen LogP contribution in [-0.4, -0.2) is 57.9 Å². The summed E-state index contributed by atoms with van der Waals surface area (Å²) in [5, 5.41) is 2.94. The van der Waals surface area contributed by atoms with Crippen molar-refractivity contribution in [3.63, 3.8) is 0 Å². The van der Waals surface area contributed by atoms with Gasteiger partial charge >= 0.3 is 5.69 Å².